The summed E-state index contributed by atoms with van der Waals surface area (Å²) in [6.07, 6.45) is 0.598. The molecule has 3 aromatic carbocycles. The van der Waals surface area contributed by atoms with Crippen molar-refractivity contribution >= 4 is 16.4 Å². The van der Waals surface area contributed by atoms with Gasteiger partial charge in [-0.3, -0.25) is 0 Å². The van der Waals surface area contributed by atoms with E-state index in [2.05, 4.69) is 10.2 Å². The Morgan fingerprint density at radius 3 is 2.32 bits per heavy atom. The van der Waals surface area contributed by atoms with E-state index in [9.17, 15) is 8.78 Å². The third-order valence-electron chi connectivity index (χ3n) is 4.75. The fourth-order valence-corrected chi connectivity index (χ4v) is 3.41. The van der Waals surface area contributed by atoms with Crippen LogP contribution in [0.2, 0.25) is 0 Å². The minimum atomic E-state index is -0.962. The van der Waals surface area contributed by atoms with Crippen LogP contribution in [0.15, 0.2) is 72.8 Å². The zero-order valence-electron chi connectivity index (χ0n) is 14.7. The molecule has 0 fully saturated rings. The van der Waals surface area contributed by atoms with Gasteiger partial charge in [0.2, 0.25) is 0 Å². The van der Waals surface area contributed by atoms with Gasteiger partial charge >= 0.3 is 0 Å². The van der Waals surface area contributed by atoms with Gasteiger partial charge in [0.15, 0.2) is 23.1 Å². The molecule has 2 aromatic heterocycles. The Balaban J connectivity index is 1.79. The highest BCUT2D eigenvalue weighted by atomic mass is 19.2. The second kappa shape index (κ2) is 6.49. The van der Waals surface area contributed by atoms with E-state index in [-0.39, 0.29) is 11.4 Å². The van der Waals surface area contributed by atoms with Crippen molar-refractivity contribution in [1.29, 1.82) is 0 Å². The topological polar surface area (TPSA) is 43.1 Å². The van der Waals surface area contributed by atoms with E-state index in [0.717, 1.165) is 28.1 Å². The lowest BCUT2D eigenvalue weighted by Crippen LogP contribution is -2.04. The first-order valence-electron chi connectivity index (χ1n) is 8.84. The Morgan fingerprint density at radius 2 is 1.50 bits per heavy atom. The van der Waals surface area contributed by atoms with Crippen molar-refractivity contribution in [3.05, 3.63) is 95.7 Å². The van der Waals surface area contributed by atoms with Crippen molar-refractivity contribution in [1.82, 2.24) is 19.8 Å². The second-order valence-electron chi connectivity index (χ2n) is 6.52. The molecule has 0 spiro atoms. The Labute approximate surface area is 159 Å². The molecule has 4 nitrogen and oxygen atoms in total. The molecular formula is C22H14F2N4. The van der Waals surface area contributed by atoms with Gasteiger partial charge in [-0.25, -0.2) is 8.78 Å². The van der Waals surface area contributed by atoms with Gasteiger partial charge in [0.25, 0.3) is 0 Å². The van der Waals surface area contributed by atoms with E-state index in [0.29, 0.717) is 12.1 Å². The molecule has 0 aliphatic rings. The monoisotopic (exact) mass is 372 g/mol. The quantitative estimate of drug-likeness (QED) is 0.456. The fourth-order valence-electron chi connectivity index (χ4n) is 3.41. The SMILES string of the molecule is Fc1cccc(-c2nnc3c4ccccc4c(Cc4ccccc4)nn23)c1F. The van der Waals surface area contributed by atoms with E-state index in [1.54, 1.807) is 0 Å². The molecule has 0 saturated heterocycles. The molecule has 0 N–H and O–H groups in total. The largest absolute Gasteiger partial charge is 0.204 e. The Bertz CT molecular complexity index is 1310. The van der Waals surface area contributed by atoms with Gasteiger partial charge in [0, 0.05) is 17.2 Å². The first-order valence-corrected chi connectivity index (χ1v) is 8.84. The number of aromatic nitrogens is 4. The van der Waals surface area contributed by atoms with Crippen molar-refractivity contribution in [2.75, 3.05) is 0 Å². The van der Waals surface area contributed by atoms with E-state index < -0.39 is 11.6 Å². The number of halogens is 2. The molecule has 0 aliphatic heterocycles. The Hall–Kier alpha value is -3.67. The molecule has 136 valence electrons. The molecule has 0 atom stereocenters. The van der Waals surface area contributed by atoms with Gasteiger partial charge in [-0.2, -0.15) is 9.61 Å². The molecule has 6 heteroatoms. The summed E-state index contributed by atoms with van der Waals surface area (Å²) in [5.41, 5.74) is 2.45. The van der Waals surface area contributed by atoms with Crippen molar-refractivity contribution in [3.63, 3.8) is 0 Å². The first-order chi connectivity index (χ1) is 13.7. The predicted molar refractivity (Wildman–Crippen MR) is 103 cm³/mol. The molecule has 0 saturated carbocycles. The van der Waals surface area contributed by atoms with Gasteiger partial charge in [-0.15, -0.1) is 10.2 Å². The van der Waals surface area contributed by atoms with Crippen molar-refractivity contribution < 1.29 is 8.78 Å². The van der Waals surface area contributed by atoms with Gasteiger partial charge in [0.05, 0.1) is 11.3 Å². The number of nitrogens with zero attached hydrogens (tertiary/aromatic N) is 4. The number of hydrogen-bond acceptors (Lipinski definition) is 3. The highest BCUT2D eigenvalue weighted by molar-refractivity contribution is 5.95. The minimum Gasteiger partial charge on any atom is -0.204 e. The summed E-state index contributed by atoms with van der Waals surface area (Å²) in [6, 6.07) is 21.7. The van der Waals surface area contributed by atoms with Crippen LogP contribution in [0.25, 0.3) is 27.8 Å². The van der Waals surface area contributed by atoms with Crippen LogP contribution >= 0.6 is 0 Å². The maximum Gasteiger partial charge on any atom is 0.188 e. The normalized spacial score (nSPS) is 11.4. The van der Waals surface area contributed by atoms with Crippen LogP contribution in [0.5, 0.6) is 0 Å². The molecule has 0 unspecified atom stereocenters. The van der Waals surface area contributed by atoms with E-state index in [1.165, 1.54) is 16.6 Å². The van der Waals surface area contributed by atoms with Crippen LogP contribution in [0, 0.1) is 11.6 Å². The fraction of sp³-hybridized carbons (Fsp3) is 0.0455. The number of hydrogen-bond donors (Lipinski definition) is 0. The van der Waals surface area contributed by atoms with Crippen LogP contribution in [0.1, 0.15) is 11.3 Å². The summed E-state index contributed by atoms with van der Waals surface area (Å²) in [6.45, 7) is 0. The summed E-state index contributed by atoms with van der Waals surface area (Å²) < 4.78 is 29.6. The van der Waals surface area contributed by atoms with Gasteiger partial charge < -0.3 is 0 Å². The summed E-state index contributed by atoms with van der Waals surface area (Å²) >= 11 is 0. The molecular weight excluding hydrogens is 358 g/mol. The smallest absolute Gasteiger partial charge is 0.188 e. The van der Waals surface area contributed by atoms with Crippen LogP contribution < -0.4 is 0 Å². The zero-order valence-corrected chi connectivity index (χ0v) is 14.7. The molecule has 28 heavy (non-hydrogen) atoms. The average Bonchev–Trinajstić information content (AvgIpc) is 3.15. The summed E-state index contributed by atoms with van der Waals surface area (Å²) in [5, 5.41) is 14.8. The minimum absolute atomic E-state index is 0.0287. The van der Waals surface area contributed by atoms with Crippen molar-refractivity contribution in [2.24, 2.45) is 0 Å². The van der Waals surface area contributed by atoms with E-state index in [4.69, 9.17) is 5.10 Å². The molecule has 0 aliphatic carbocycles. The molecule has 0 radical (unpaired) electrons. The summed E-state index contributed by atoms with van der Waals surface area (Å²) in [4.78, 5) is 0. The molecule has 0 amide bonds. The third-order valence-corrected chi connectivity index (χ3v) is 4.75. The maximum absolute atomic E-state index is 14.4. The molecule has 2 heterocycles. The van der Waals surface area contributed by atoms with Crippen LogP contribution in [-0.2, 0) is 6.42 Å². The lowest BCUT2D eigenvalue weighted by atomic mass is 10.0. The lowest BCUT2D eigenvalue weighted by Gasteiger charge is -2.09. The maximum atomic E-state index is 14.4. The van der Waals surface area contributed by atoms with E-state index >= 15 is 0 Å². The molecule has 5 aromatic rings. The average molecular weight is 372 g/mol. The molecule has 5 rings (SSSR count). The number of rotatable bonds is 3. The van der Waals surface area contributed by atoms with Crippen molar-refractivity contribution in [2.45, 2.75) is 6.42 Å². The van der Waals surface area contributed by atoms with Crippen LogP contribution in [0.3, 0.4) is 0 Å². The highest BCUT2D eigenvalue weighted by Crippen LogP contribution is 2.28. The lowest BCUT2D eigenvalue weighted by molar-refractivity contribution is 0.510. The van der Waals surface area contributed by atoms with Gasteiger partial charge in [0.1, 0.15) is 0 Å². The first kappa shape index (κ1) is 16.5. The van der Waals surface area contributed by atoms with Crippen molar-refractivity contribution in [3.8, 4) is 11.4 Å². The van der Waals surface area contributed by atoms with Crippen LogP contribution in [0.4, 0.5) is 8.78 Å². The summed E-state index contributed by atoms with van der Waals surface area (Å²) in [5.74, 6) is -1.72. The predicted octanol–water partition coefficient (Wildman–Crippen LogP) is 4.81. The second-order valence-corrected chi connectivity index (χ2v) is 6.52. The number of benzene rings is 3. The highest BCUT2D eigenvalue weighted by Gasteiger charge is 2.19. The zero-order chi connectivity index (χ0) is 19.1. The van der Waals surface area contributed by atoms with Gasteiger partial charge in [-0.05, 0) is 17.7 Å². The Kier molecular flexibility index (Phi) is 3.83. The Morgan fingerprint density at radius 1 is 0.750 bits per heavy atom. The standard InChI is InChI=1S/C22H14F2N4/c23-18-12-6-11-17(20(18)24)22-26-25-21-16-10-5-4-9-15(16)19(27-28(21)22)13-14-7-2-1-3-8-14/h1-12H,13H2. The summed E-state index contributed by atoms with van der Waals surface area (Å²) in [7, 11) is 0. The van der Waals surface area contributed by atoms with Gasteiger partial charge in [-0.1, -0.05) is 60.7 Å². The molecule has 0 bridgehead atoms. The number of fused-ring (bicyclic) bond motifs is 3. The third kappa shape index (κ3) is 2.62. The van der Waals surface area contributed by atoms with E-state index in [1.807, 2.05) is 54.6 Å². The van der Waals surface area contributed by atoms with Crippen LogP contribution in [-0.4, -0.2) is 19.8 Å².